The second-order valence-electron chi connectivity index (χ2n) is 5.05. The predicted molar refractivity (Wildman–Crippen MR) is 81.4 cm³/mol. The van der Waals surface area contributed by atoms with E-state index in [1.807, 2.05) is 4.90 Å². The van der Waals surface area contributed by atoms with Crippen LogP contribution in [0.5, 0.6) is 0 Å². The van der Waals surface area contributed by atoms with Crippen molar-refractivity contribution in [2.24, 2.45) is 4.99 Å². The normalized spacial score (nSPS) is 17.8. The molecule has 1 aromatic carbocycles. The summed E-state index contributed by atoms with van der Waals surface area (Å²) in [6.07, 6.45) is 4.64. The highest BCUT2D eigenvalue weighted by Crippen LogP contribution is 2.34. The van der Waals surface area contributed by atoms with Crippen LogP contribution < -0.4 is 0 Å². The molecular weight excluding hydrogens is 254 g/mol. The molecule has 0 aliphatic carbocycles. The maximum atomic E-state index is 8.16. The number of hydrogen-bond acceptors (Lipinski definition) is 3. The van der Waals surface area contributed by atoms with Crippen molar-refractivity contribution in [1.29, 1.82) is 5.41 Å². The summed E-state index contributed by atoms with van der Waals surface area (Å²) < 4.78 is 0. The summed E-state index contributed by atoms with van der Waals surface area (Å²) in [4.78, 5) is 7.87. The van der Waals surface area contributed by atoms with Gasteiger partial charge in [-0.3, -0.25) is 10.4 Å². The van der Waals surface area contributed by atoms with E-state index in [2.05, 4.69) is 30.1 Å². The number of rotatable bonds is 3. The third kappa shape index (κ3) is 2.41. The number of aryl methyl sites for hydroxylation is 1. The zero-order valence-electron chi connectivity index (χ0n) is 11.3. The summed E-state index contributed by atoms with van der Waals surface area (Å²) in [6.45, 7) is 4.04. The van der Waals surface area contributed by atoms with Crippen LogP contribution in [-0.2, 0) is 6.42 Å². The molecule has 0 saturated carbocycles. The summed E-state index contributed by atoms with van der Waals surface area (Å²) >= 11 is 1.57. The quantitative estimate of drug-likeness (QED) is 0.915. The van der Waals surface area contributed by atoms with E-state index >= 15 is 0 Å². The molecule has 3 rings (SSSR count). The van der Waals surface area contributed by atoms with Crippen LogP contribution in [0.4, 0.5) is 0 Å². The first-order chi connectivity index (χ1) is 9.29. The van der Waals surface area contributed by atoms with Gasteiger partial charge in [-0.05, 0) is 37.0 Å². The fraction of sp³-hybridized carbons (Fsp3) is 0.467. The Bertz CT molecular complexity index is 536. The highest BCUT2D eigenvalue weighted by atomic mass is 32.2. The van der Waals surface area contributed by atoms with Crippen molar-refractivity contribution < 1.29 is 0 Å². The molecule has 0 aromatic heterocycles. The van der Waals surface area contributed by atoms with E-state index in [4.69, 9.17) is 5.41 Å². The summed E-state index contributed by atoms with van der Waals surface area (Å²) in [7, 11) is 0. The lowest BCUT2D eigenvalue weighted by molar-refractivity contribution is 0.551. The van der Waals surface area contributed by atoms with E-state index in [1.165, 1.54) is 28.9 Å². The van der Waals surface area contributed by atoms with Crippen molar-refractivity contribution >= 4 is 22.8 Å². The Hall–Kier alpha value is -1.29. The highest BCUT2D eigenvalue weighted by molar-refractivity contribution is 8.14. The lowest BCUT2D eigenvalue weighted by Gasteiger charge is -2.34. The minimum atomic E-state index is 0.624. The average molecular weight is 273 g/mol. The molecule has 19 heavy (non-hydrogen) atoms. The predicted octanol–water partition coefficient (Wildman–Crippen LogP) is 3.52. The van der Waals surface area contributed by atoms with E-state index in [1.54, 1.807) is 11.8 Å². The maximum Gasteiger partial charge on any atom is 0.166 e. The van der Waals surface area contributed by atoms with Gasteiger partial charge in [-0.2, -0.15) is 0 Å². The van der Waals surface area contributed by atoms with Gasteiger partial charge < -0.3 is 4.90 Å². The van der Waals surface area contributed by atoms with Crippen molar-refractivity contribution in [2.75, 3.05) is 13.1 Å². The summed E-state index contributed by atoms with van der Waals surface area (Å²) in [5, 5.41) is 8.78. The van der Waals surface area contributed by atoms with Gasteiger partial charge in [0.15, 0.2) is 5.17 Å². The van der Waals surface area contributed by atoms with Crippen molar-refractivity contribution in [2.45, 2.75) is 37.5 Å². The van der Waals surface area contributed by atoms with Crippen LogP contribution in [0.2, 0.25) is 0 Å². The largest absolute Gasteiger partial charge is 0.305 e. The Morgan fingerprint density at radius 2 is 2.32 bits per heavy atom. The standard InChI is InChI=1S/C15H19N3S/c1-2-3-5-11-6-7-12-13(10-11)19-15(16)18-9-4-8-17-14(12)18/h6-7,10,16H,2-5,8-9H2,1H3. The van der Waals surface area contributed by atoms with E-state index < -0.39 is 0 Å². The van der Waals surface area contributed by atoms with E-state index in [0.717, 1.165) is 31.8 Å². The Labute approximate surface area is 118 Å². The van der Waals surface area contributed by atoms with Gasteiger partial charge in [-0.1, -0.05) is 31.2 Å². The van der Waals surface area contributed by atoms with E-state index in [0.29, 0.717) is 5.17 Å². The van der Waals surface area contributed by atoms with Gasteiger partial charge in [0.05, 0.1) is 0 Å². The molecule has 0 unspecified atom stereocenters. The molecule has 1 N–H and O–H groups in total. The number of amidine groups is 2. The molecular formula is C15H19N3S. The third-order valence-electron chi connectivity index (χ3n) is 3.61. The molecule has 1 aromatic rings. The smallest absolute Gasteiger partial charge is 0.166 e. The molecule has 0 saturated heterocycles. The molecule has 0 fully saturated rings. The van der Waals surface area contributed by atoms with Gasteiger partial charge in [-0.25, -0.2) is 0 Å². The summed E-state index contributed by atoms with van der Waals surface area (Å²) in [5.74, 6) is 1.01. The number of fused-ring (bicyclic) bond motifs is 3. The van der Waals surface area contributed by atoms with E-state index in [-0.39, 0.29) is 0 Å². The van der Waals surface area contributed by atoms with Crippen LogP contribution >= 0.6 is 11.8 Å². The Morgan fingerprint density at radius 1 is 1.42 bits per heavy atom. The number of benzene rings is 1. The van der Waals surface area contributed by atoms with Crippen molar-refractivity contribution in [1.82, 2.24) is 4.90 Å². The zero-order valence-corrected chi connectivity index (χ0v) is 12.1. The lowest BCUT2D eigenvalue weighted by Crippen LogP contribution is -2.42. The first-order valence-electron chi connectivity index (χ1n) is 7.01. The Kier molecular flexibility index (Phi) is 3.60. The fourth-order valence-corrected chi connectivity index (χ4v) is 3.54. The number of hydrogen-bond donors (Lipinski definition) is 1. The Balaban J connectivity index is 1.95. The van der Waals surface area contributed by atoms with Crippen LogP contribution in [0.3, 0.4) is 0 Å². The molecule has 0 spiro atoms. The van der Waals surface area contributed by atoms with Crippen LogP contribution in [0, 0.1) is 5.41 Å². The molecule has 3 nitrogen and oxygen atoms in total. The minimum Gasteiger partial charge on any atom is -0.305 e. The van der Waals surface area contributed by atoms with Gasteiger partial charge in [-0.15, -0.1) is 0 Å². The second kappa shape index (κ2) is 5.37. The molecule has 0 bridgehead atoms. The fourth-order valence-electron chi connectivity index (χ4n) is 2.56. The SMILES string of the molecule is CCCCc1ccc2c(c1)SC(=N)N1CCCN=C21. The highest BCUT2D eigenvalue weighted by Gasteiger charge is 2.29. The summed E-state index contributed by atoms with van der Waals surface area (Å²) in [5.41, 5.74) is 2.59. The first-order valence-corrected chi connectivity index (χ1v) is 7.83. The minimum absolute atomic E-state index is 0.624. The molecule has 0 atom stereocenters. The monoisotopic (exact) mass is 273 g/mol. The van der Waals surface area contributed by atoms with Crippen LogP contribution in [0.1, 0.15) is 37.3 Å². The molecule has 0 radical (unpaired) electrons. The second-order valence-corrected chi connectivity index (χ2v) is 6.08. The molecule has 2 heterocycles. The number of aliphatic imine (C=N–C) groups is 1. The van der Waals surface area contributed by atoms with Gasteiger partial charge in [0.2, 0.25) is 0 Å². The molecule has 2 aliphatic rings. The Morgan fingerprint density at radius 3 is 3.16 bits per heavy atom. The molecule has 2 aliphatic heterocycles. The number of unbranched alkanes of at least 4 members (excludes halogenated alkanes) is 1. The van der Waals surface area contributed by atoms with Crippen molar-refractivity contribution in [3.05, 3.63) is 29.3 Å². The number of nitrogens with zero attached hydrogens (tertiary/aromatic N) is 2. The number of thioether (sulfide) groups is 1. The number of nitrogens with one attached hydrogen (secondary N) is 1. The van der Waals surface area contributed by atoms with Gasteiger partial charge >= 0.3 is 0 Å². The van der Waals surface area contributed by atoms with Gasteiger partial charge in [0.1, 0.15) is 5.84 Å². The van der Waals surface area contributed by atoms with Gasteiger partial charge in [0, 0.05) is 23.5 Å². The lowest BCUT2D eigenvalue weighted by atomic mass is 10.0. The maximum absolute atomic E-state index is 8.16. The van der Waals surface area contributed by atoms with Crippen LogP contribution in [0.25, 0.3) is 0 Å². The van der Waals surface area contributed by atoms with Crippen molar-refractivity contribution in [3.8, 4) is 0 Å². The van der Waals surface area contributed by atoms with Crippen molar-refractivity contribution in [3.63, 3.8) is 0 Å². The molecule has 4 heteroatoms. The average Bonchev–Trinajstić information content (AvgIpc) is 2.45. The molecule has 0 amide bonds. The topological polar surface area (TPSA) is 39.5 Å². The molecule has 100 valence electrons. The first kappa shape index (κ1) is 12.7. The summed E-state index contributed by atoms with van der Waals surface area (Å²) in [6, 6.07) is 6.66. The van der Waals surface area contributed by atoms with Crippen LogP contribution in [0.15, 0.2) is 28.1 Å². The van der Waals surface area contributed by atoms with Gasteiger partial charge in [0.25, 0.3) is 0 Å². The third-order valence-corrected chi connectivity index (χ3v) is 4.59. The van der Waals surface area contributed by atoms with E-state index in [9.17, 15) is 0 Å². The van der Waals surface area contributed by atoms with Crippen LogP contribution in [-0.4, -0.2) is 29.0 Å². The zero-order chi connectivity index (χ0) is 13.2.